The van der Waals surface area contributed by atoms with Gasteiger partial charge in [-0.15, -0.1) is 0 Å². The van der Waals surface area contributed by atoms with Crippen LogP contribution in [0.1, 0.15) is 19.4 Å². The van der Waals surface area contributed by atoms with Gasteiger partial charge in [-0.1, -0.05) is 14.8 Å². The third kappa shape index (κ3) is 6.11. The second-order valence-electron chi connectivity index (χ2n) is 5.62. The quantitative estimate of drug-likeness (QED) is 0.582. The lowest BCUT2D eigenvalue weighted by Gasteiger charge is -2.26. The second kappa shape index (κ2) is 9.01. The molecule has 0 aliphatic rings. The van der Waals surface area contributed by atoms with Crippen LogP contribution < -0.4 is 10.4 Å². The average Bonchev–Trinajstić information content (AvgIpc) is 2.47. The lowest BCUT2D eigenvalue weighted by Crippen LogP contribution is -2.55. The number of carbonyl (C=O) groups is 2. The molecule has 134 valence electrons. The third-order valence-electron chi connectivity index (χ3n) is 3.17. The molecule has 0 saturated heterocycles. The summed E-state index contributed by atoms with van der Waals surface area (Å²) in [7, 11) is 0.311. The van der Waals surface area contributed by atoms with E-state index in [1.54, 1.807) is 13.8 Å². The number of rotatable bonds is 9. The van der Waals surface area contributed by atoms with Crippen LogP contribution in [0.4, 0.5) is 8.78 Å². The van der Waals surface area contributed by atoms with E-state index in [9.17, 15) is 18.4 Å². The molecule has 0 aromatic heterocycles. The van der Waals surface area contributed by atoms with Crippen molar-refractivity contribution in [1.82, 2.24) is 10.4 Å². The van der Waals surface area contributed by atoms with Crippen molar-refractivity contribution in [1.29, 1.82) is 0 Å². The molecule has 0 heterocycles. The fourth-order valence-corrected chi connectivity index (χ4v) is 2.55. The molecule has 24 heavy (non-hydrogen) atoms. The van der Waals surface area contributed by atoms with Gasteiger partial charge >= 0.3 is 5.97 Å². The Labute approximate surface area is 140 Å². The highest BCUT2D eigenvalue weighted by atomic mass is 31.1. The predicted molar refractivity (Wildman–Crippen MR) is 87.0 cm³/mol. The largest absolute Gasteiger partial charge is 0.480 e. The van der Waals surface area contributed by atoms with Gasteiger partial charge in [-0.2, -0.15) is 0 Å². The molecule has 0 saturated carbocycles. The van der Waals surface area contributed by atoms with Crippen LogP contribution in [0.2, 0.25) is 0 Å². The van der Waals surface area contributed by atoms with Gasteiger partial charge in [-0.05, 0) is 26.6 Å². The van der Waals surface area contributed by atoms with Gasteiger partial charge in [0, 0.05) is 11.6 Å². The van der Waals surface area contributed by atoms with Crippen molar-refractivity contribution in [2.24, 2.45) is 0 Å². The number of aliphatic carboxylic acids is 1. The van der Waals surface area contributed by atoms with Gasteiger partial charge in [0.2, 0.25) is 5.91 Å². The number of amides is 1. The van der Waals surface area contributed by atoms with Crippen LogP contribution in [0.15, 0.2) is 18.2 Å². The SMILES string of the molecule is CPNC(C)(C)C(=O)NC(COCc1ccc(F)cc1F)C(=O)O. The maximum Gasteiger partial charge on any atom is 0.328 e. The molecule has 2 atom stereocenters. The van der Waals surface area contributed by atoms with Gasteiger partial charge in [0.15, 0.2) is 6.04 Å². The molecule has 9 heteroatoms. The fourth-order valence-electron chi connectivity index (χ4n) is 1.81. The number of hydrogen-bond acceptors (Lipinski definition) is 4. The fraction of sp³-hybridized carbons (Fsp3) is 0.467. The number of ether oxygens (including phenoxy) is 1. The van der Waals surface area contributed by atoms with E-state index >= 15 is 0 Å². The van der Waals surface area contributed by atoms with Crippen molar-refractivity contribution in [3.05, 3.63) is 35.4 Å². The van der Waals surface area contributed by atoms with Gasteiger partial charge in [0.05, 0.1) is 18.8 Å². The summed E-state index contributed by atoms with van der Waals surface area (Å²) in [6, 6.07) is 1.74. The summed E-state index contributed by atoms with van der Waals surface area (Å²) in [5, 5.41) is 14.5. The standard InChI is InChI=1S/C15H21F2N2O4P/c1-15(2,19-24-3)14(22)18-12(13(20)21)8-23-7-9-4-5-10(16)6-11(9)17/h4-6,12,19,24H,7-8H2,1-3H3,(H,18,22)(H,20,21). The van der Waals surface area contributed by atoms with Crippen molar-refractivity contribution in [2.45, 2.75) is 32.0 Å². The summed E-state index contributed by atoms with van der Waals surface area (Å²) in [6.07, 6.45) is 0. The van der Waals surface area contributed by atoms with Crippen LogP contribution in [0.5, 0.6) is 0 Å². The van der Waals surface area contributed by atoms with Gasteiger partial charge in [-0.25, -0.2) is 13.6 Å². The number of benzene rings is 1. The van der Waals surface area contributed by atoms with Crippen molar-refractivity contribution < 1.29 is 28.2 Å². The normalized spacial score (nSPS) is 13.2. The van der Waals surface area contributed by atoms with E-state index in [0.29, 0.717) is 8.73 Å². The highest BCUT2D eigenvalue weighted by Crippen LogP contribution is 2.12. The molecule has 3 N–H and O–H groups in total. The van der Waals surface area contributed by atoms with Crippen LogP contribution in [0.3, 0.4) is 0 Å². The Bertz CT molecular complexity index is 599. The van der Waals surface area contributed by atoms with E-state index in [4.69, 9.17) is 9.84 Å². The molecule has 0 spiro atoms. The first kappa shape index (κ1) is 20.4. The summed E-state index contributed by atoms with van der Waals surface area (Å²) in [5.74, 6) is -3.24. The molecular weight excluding hydrogens is 341 g/mol. The van der Waals surface area contributed by atoms with E-state index in [2.05, 4.69) is 10.4 Å². The molecule has 1 rings (SSSR count). The summed E-state index contributed by atoms with van der Waals surface area (Å²) in [6.45, 7) is 4.54. The zero-order chi connectivity index (χ0) is 18.3. The lowest BCUT2D eigenvalue weighted by atomic mass is 10.1. The number of carboxylic acid groups (broad SMARTS) is 1. The number of halogens is 2. The van der Waals surface area contributed by atoms with E-state index < -0.39 is 35.1 Å². The Hall–Kier alpha value is -1.63. The van der Waals surface area contributed by atoms with Gasteiger partial charge < -0.3 is 15.2 Å². The number of hydrogen-bond donors (Lipinski definition) is 3. The molecular formula is C15H21F2N2O4P. The van der Waals surface area contributed by atoms with E-state index in [1.807, 2.05) is 6.66 Å². The van der Waals surface area contributed by atoms with E-state index in [-0.39, 0.29) is 18.8 Å². The minimum Gasteiger partial charge on any atom is -0.480 e. The molecule has 1 aromatic rings. The number of nitrogens with one attached hydrogen (secondary N) is 2. The first-order valence-electron chi connectivity index (χ1n) is 7.16. The molecule has 1 amide bonds. The first-order chi connectivity index (χ1) is 11.2. The zero-order valence-corrected chi connectivity index (χ0v) is 14.7. The highest BCUT2D eigenvalue weighted by molar-refractivity contribution is 7.34. The molecule has 0 bridgehead atoms. The second-order valence-corrected chi connectivity index (χ2v) is 6.37. The van der Waals surface area contributed by atoms with Crippen LogP contribution in [0.25, 0.3) is 0 Å². The van der Waals surface area contributed by atoms with Crippen molar-refractivity contribution >= 4 is 20.6 Å². The topological polar surface area (TPSA) is 87.7 Å². The molecule has 0 aliphatic carbocycles. The van der Waals surface area contributed by atoms with Gasteiger partial charge in [0.1, 0.15) is 11.6 Å². The van der Waals surface area contributed by atoms with Crippen LogP contribution in [-0.4, -0.2) is 41.8 Å². The van der Waals surface area contributed by atoms with Crippen molar-refractivity contribution in [3.63, 3.8) is 0 Å². The summed E-state index contributed by atoms with van der Waals surface area (Å²) in [5.41, 5.74) is -0.828. The van der Waals surface area contributed by atoms with Crippen molar-refractivity contribution in [2.75, 3.05) is 13.3 Å². The molecule has 6 nitrogen and oxygen atoms in total. The molecule has 0 radical (unpaired) electrons. The molecule has 2 unspecified atom stereocenters. The van der Waals surface area contributed by atoms with Crippen LogP contribution >= 0.6 is 8.73 Å². The maximum atomic E-state index is 13.5. The van der Waals surface area contributed by atoms with E-state index in [1.165, 1.54) is 6.07 Å². The molecule has 1 aromatic carbocycles. The third-order valence-corrected chi connectivity index (χ3v) is 4.04. The first-order valence-corrected chi connectivity index (χ1v) is 8.66. The number of carbonyl (C=O) groups excluding carboxylic acids is 1. The Kier molecular flexibility index (Phi) is 7.66. The predicted octanol–water partition coefficient (Wildman–Crippen LogP) is 1.64. The summed E-state index contributed by atoms with van der Waals surface area (Å²) >= 11 is 0. The Morgan fingerprint density at radius 3 is 2.58 bits per heavy atom. The van der Waals surface area contributed by atoms with E-state index in [0.717, 1.165) is 12.1 Å². The average molecular weight is 362 g/mol. The zero-order valence-electron chi connectivity index (χ0n) is 13.7. The minimum absolute atomic E-state index is 0.0982. The molecule has 0 aliphatic heterocycles. The van der Waals surface area contributed by atoms with Crippen molar-refractivity contribution in [3.8, 4) is 0 Å². The minimum atomic E-state index is -1.28. The highest BCUT2D eigenvalue weighted by Gasteiger charge is 2.30. The number of carboxylic acids is 1. The van der Waals surface area contributed by atoms with Gasteiger partial charge in [0.25, 0.3) is 0 Å². The van der Waals surface area contributed by atoms with Crippen LogP contribution in [0, 0.1) is 11.6 Å². The monoisotopic (exact) mass is 362 g/mol. The van der Waals surface area contributed by atoms with Crippen LogP contribution in [-0.2, 0) is 20.9 Å². The Balaban J connectivity index is 2.61. The van der Waals surface area contributed by atoms with Gasteiger partial charge in [-0.3, -0.25) is 9.88 Å². The Morgan fingerprint density at radius 2 is 2.04 bits per heavy atom. The Morgan fingerprint density at radius 1 is 1.38 bits per heavy atom. The maximum absolute atomic E-state index is 13.5. The smallest absolute Gasteiger partial charge is 0.328 e. The summed E-state index contributed by atoms with van der Waals surface area (Å²) in [4.78, 5) is 23.3. The summed E-state index contributed by atoms with van der Waals surface area (Å²) < 4.78 is 31.4. The lowest BCUT2D eigenvalue weighted by molar-refractivity contribution is -0.144. The molecule has 0 fully saturated rings.